The summed E-state index contributed by atoms with van der Waals surface area (Å²) < 4.78 is 1.59. The van der Waals surface area contributed by atoms with Crippen molar-refractivity contribution < 1.29 is 4.79 Å². The molecule has 1 N–H and O–H groups in total. The highest BCUT2D eigenvalue weighted by molar-refractivity contribution is 7.99. The zero-order valence-electron chi connectivity index (χ0n) is 13.2. The van der Waals surface area contributed by atoms with Crippen molar-refractivity contribution in [2.45, 2.75) is 23.6 Å². The van der Waals surface area contributed by atoms with Gasteiger partial charge in [-0.05, 0) is 38.1 Å². The highest BCUT2D eigenvalue weighted by Crippen LogP contribution is 2.47. The Bertz CT molecular complexity index is 871. The monoisotopic (exact) mass is 337 g/mol. The second kappa shape index (κ2) is 5.68. The molecule has 0 aliphatic carbocycles. The summed E-state index contributed by atoms with van der Waals surface area (Å²) in [5, 5.41) is 7.96. The summed E-state index contributed by atoms with van der Waals surface area (Å²) in [4.78, 5) is 16.8. The lowest BCUT2D eigenvalue weighted by Gasteiger charge is -2.31. The van der Waals surface area contributed by atoms with Crippen LogP contribution in [0.25, 0.3) is 0 Å². The largest absolute Gasteiger partial charge is 0.345 e. The van der Waals surface area contributed by atoms with Gasteiger partial charge in [0.25, 0.3) is 0 Å². The van der Waals surface area contributed by atoms with Gasteiger partial charge in [0.2, 0.25) is 0 Å². The summed E-state index contributed by atoms with van der Waals surface area (Å²) in [6.45, 7) is 3.60. The fourth-order valence-electron chi connectivity index (χ4n) is 2.70. The number of carbonyl (C=O) groups is 1. The molecule has 0 atom stereocenters. The molecule has 4 rings (SSSR count). The fraction of sp³-hybridized carbons (Fsp3) is 0.118. The Morgan fingerprint density at radius 1 is 0.917 bits per heavy atom. The van der Waals surface area contributed by atoms with Crippen molar-refractivity contribution in [2.75, 3.05) is 10.3 Å². The van der Waals surface area contributed by atoms with Crippen LogP contribution < -0.4 is 10.3 Å². The van der Waals surface area contributed by atoms with Crippen LogP contribution in [0.1, 0.15) is 11.6 Å². The van der Waals surface area contributed by atoms with E-state index in [0.717, 1.165) is 21.2 Å². The van der Waals surface area contributed by atoms with Crippen LogP contribution in [0.3, 0.4) is 0 Å². The first-order chi connectivity index (χ1) is 11.6. The molecule has 1 aliphatic rings. The molecule has 0 saturated carbocycles. The molecular weight excluding hydrogens is 322 g/mol. The van der Waals surface area contributed by atoms with Gasteiger partial charge in [0, 0.05) is 9.79 Å². The number of fused-ring (bicyclic) bond motifs is 2. The maximum Gasteiger partial charge on any atom is 0.345 e. The number of carbonyl (C=O) groups excluding carboxylic acids is 1. The van der Waals surface area contributed by atoms with Crippen molar-refractivity contribution in [3.8, 4) is 0 Å². The number of rotatable bonds is 1. The highest BCUT2D eigenvalue weighted by Gasteiger charge is 2.28. The van der Waals surface area contributed by atoms with Crippen LogP contribution in [0.5, 0.6) is 0 Å². The number of amides is 2. The molecule has 2 heterocycles. The minimum absolute atomic E-state index is 0.249. The number of para-hydroxylation sites is 2. The smallest absolute Gasteiger partial charge is 0.259 e. The van der Waals surface area contributed by atoms with Gasteiger partial charge in [-0.15, -0.1) is 10.2 Å². The first-order valence-electron chi connectivity index (χ1n) is 7.51. The lowest BCUT2D eigenvalue weighted by molar-refractivity contribution is 0.256. The fourth-order valence-corrected chi connectivity index (χ4v) is 3.76. The first-order valence-corrected chi connectivity index (χ1v) is 8.32. The number of nitrogens with one attached hydrogen (secondary N) is 1. The standard InChI is InChI=1S/C17H15N5OS/c1-11-18-19-12(2)22(11)20-17(23)21-13-7-3-5-9-15(13)24-16-10-6-4-8-14(16)21/h3-10H,1-2H3,(H,20,23). The molecule has 2 aromatic carbocycles. The van der Waals surface area contributed by atoms with Gasteiger partial charge in [-0.1, -0.05) is 36.0 Å². The Kier molecular flexibility index (Phi) is 3.50. The van der Waals surface area contributed by atoms with E-state index in [2.05, 4.69) is 15.6 Å². The lowest BCUT2D eigenvalue weighted by Crippen LogP contribution is -2.37. The minimum atomic E-state index is -0.249. The van der Waals surface area contributed by atoms with Gasteiger partial charge >= 0.3 is 6.03 Å². The van der Waals surface area contributed by atoms with Crippen molar-refractivity contribution >= 4 is 29.2 Å². The van der Waals surface area contributed by atoms with Gasteiger partial charge in [0.05, 0.1) is 11.4 Å². The van der Waals surface area contributed by atoms with Crippen molar-refractivity contribution in [1.29, 1.82) is 0 Å². The van der Waals surface area contributed by atoms with Crippen LogP contribution in [0.15, 0.2) is 58.3 Å². The Morgan fingerprint density at radius 3 is 1.96 bits per heavy atom. The average molecular weight is 337 g/mol. The molecule has 3 aromatic rings. The second-order valence-corrected chi connectivity index (χ2v) is 6.50. The summed E-state index contributed by atoms with van der Waals surface area (Å²) in [7, 11) is 0. The van der Waals surface area contributed by atoms with Crippen molar-refractivity contribution in [3.63, 3.8) is 0 Å². The molecule has 0 spiro atoms. The number of aryl methyl sites for hydroxylation is 2. The van der Waals surface area contributed by atoms with Crippen molar-refractivity contribution in [2.24, 2.45) is 0 Å². The van der Waals surface area contributed by atoms with E-state index < -0.39 is 0 Å². The van der Waals surface area contributed by atoms with Gasteiger partial charge < -0.3 is 0 Å². The molecular formula is C17H15N5OS. The second-order valence-electron chi connectivity index (χ2n) is 5.42. The maximum atomic E-state index is 13.0. The Balaban J connectivity index is 1.78. The topological polar surface area (TPSA) is 63.1 Å². The number of nitrogens with zero attached hydrogens (tertiary/aromatic N) is 4. The summed E-state index contributed by atoms with van der Waals surface area (Å²) in [6.07, 6.45) is 0. The normalized spacial score (nSPS) is 12.5. The van der Waals surface area contributed by atoms with E-state index in [0.29, 0.717) is 11.6 Å². The molecule has 120 valence electrons. The van der Waals surface area contributed by atoms with Crippen LogP contribution in [0, 0.1) is 13.8 Å². The SMILES string of the molecule is Cc1nnc(C)n1NC(=O)N1c2ccccc2Sc2ccccc21. The van der Waals surface area contributed by atoms with Gasteiger partial charge in [-0.3, -0.25) is 4.90 Å². The number of urea groups is 1. The average Bonchev–Trinajstić information content (AvgIpc) is 2.91. The quantitative estimate of drug-likeness (QED) is 0.732. The number of hydrogen-bond acceptors (Lipinski definition) is 4. The number of benzene rings is 2. The summed E-state index contributed by atoms with van der Waals surface area (Å²) in [5.41, 5.74) is 4.61. The first kappa shape index (κ1) is 14.8. The molecule has 0 unspecified atom stereocenters. The van der Waals surface area contributed by atoms with E-state index in [4.69, 9.17) is 0 Å². The Morgan fingerprint density at radius 2 is 1.42 bits per heavy atom. The van der Waals surface area contributed by atoms with Crippen LogP contribution in [-0.2, 0) is 0 Å². The van der Waals surface area contributed by atoms with E-state index in [1.165, 1.54) is 0 Å². The van der Waals surface area contributed by atoms with E-state index >= 15 is 0 Å². The zero-order valence-corrected chi connectivity index (χ0v) is 14.0. The van der Waals surface area contributed by atoms with Crippen molar-refractivity contribution in [3.05, 3.63) is 60.2 Å². The summed E-state index contributed by atoms with van der Waals surface area (Å²) in [6, 6.07) is 15.5. The predicted octanol–water partition coefficient (Wildman–Crippen LogP) is 3.86. The van der Waals surface area contributed by atoms with E-state index in [-0.39, 0.29) is 6.03 Å². The van der Waals surface area contributed by atoms with Gasteiger partial charge in [0.15, 0.2) is 0 Å². The highest BCUT2D eigenvalue weighted by atomic mass is 32.2. The number of anilines is 2. The summed E-state index contributed by atoms with van der Waals surface area (Å²) >= 11 is 1.66. The molecule has 1 aliphatic heterocycles. The predicted molar refractivity (Wildman–Crippen MR) is 93.4 cm³/mol. The van der Waals surface area contributed by atoms with Crippen LogP contribution in [-0.4, -0.2) is 20.9 Å². The Hall–Kier alpha value is -2.80. The lowest BCUT2D eigenvalue weighted by atomic mass is 10.2. The van der Waals surface area contributed by atoms with Crippen LogP contribution in [0.2, 0.25) is 0 Å². The van der Waals surface area contributed by atoms with E-state index in [1.54, 1.807) is 35.2 Å². The van der Waals surface area contributed by atoms with Gasteiger partial charge in [0.1, 0.15) is 11.6 Å². The molecule has 2 amide bonds. The van der Waals surface area contributed by atoms with Crippen LogP contribution >= 0.6 is 11.8 Å². The summed E-state index contributed by atoms with van der Waals surface area (Å²) in [5.74, 6) is 1.27. The maximum absolute atomic E-state index is 13.0. The molecule has 0 bridgehead atoms. The third-order valence-electron chi connectivity index (χ3n) is 3.83. The molecule has 1 aromatic heterocycles. The third kappa shape index (κ3) is 2.33. The zero-order chi connectivity index (χ0) is 16.7. The minimum Gasteiger partial charge on any atom is -0.259 e. The van der Waals surface area contributed by atoms with Gasteiger partial charge in [-0.25, -0.2) is 14.9 Å². The van der Waals surface area contributed by atoms with Gasteiger partial charge in [-0.2, -0.15) is 0 Å². The number of hydrogen-bond donors (Lipinski definition) is 1. The molecule has 0 saturated heterocycles. The Labute approximate surface area is 143 Å². The molecule has 0 radical (unpaired) electrons. The van der Waals surface area contributed by atoms with E-state index in [1.807, 2.05) is 48.5 Å². The third-order valence-corrected chi connectivity index (χ3v) is 4.96. The molecule has 0 fully saturated rings. The number of aromatic nitrogens is 3. The van der Waals surface area contributed by atoms with E-state index in [9.17, 15) is 4.79 Å². The molecule has 6 nitrogen and oxygen atoms in total. The van der Waals surface area contributed by atoms with Crippen molar-refractivity contribution in [1.82, 2.24) is 14.9 Å². The molecule has 24 heavy (non-hydrogen) atoms. The van der Waals surface area contributed by atoms with Crippen LogP contribution in [0.4, 0.5) is 16.2 Å². The molecule has 7 heteroatoms.